The minimum absolute atomic E-state index is 0.597. The maximum absolute atomic E-state index is 5.44. The highest BCUT2D eigenvalue weighted by Gasteiger charge is 1.95. The summed E-state index contributed by atoms with van der Waals surface area (Å²) >= 11 is 1.68. The molecule has 0 N–H and O–H groups in total. The van der Waals surface area contributed by atoms with E-state index in [4.69, 9.17) is 4.74 Å². The van der Waals surface area contributed by atoms with Crippen LogP contribution in [-0.4, -0.2) is 4.98 Å². The highest BCUT2D eigenvalue weighted by molar-refractivity contribution is 7.09. The molecular formula is C10H8NOS. The fraction of sp³-hybridized carbons (Fsp3) is 0.100. The molecule has 0 saturated carbocycles. The predicted molar refractivity (Wildman–Crippen MR) is 51.7 cm³/mol. The van der Waals surface area contributed by atoms with Crippen LogP contribution in [0.1, 0.15) is 4.88 Å². The van der Waals surface area contributed by atoms with Gasteiger partial charge >= 0.3 is 0 Å². The van der Waals surface area contributed by atoms with Gasteiger partial charge in [0.15, 0.2) is 0 Å². The Labute approximate surface area is 80.8 Å². The maximum Gasteiger partial charge on any atom is 0.147 e. The number of aromatic nitrogens is 1. The first-order valence-corrected chi connectivity index (χ1v) is 4.81. The molecule has 2 heterocycles. The summed E-state index contributed by atoms with van der Waals surface area (Å²) in [6, 6.07) is 7.73. The van der Waals surface area contributed by atoms with Crippen molar-refractivity contribution in [3.05, 3.63) is 46.9 Å². The maximum atomic E-state index is 5.44. The zero-order valence-electron chi connectivity index (χ0n) is 6.93. The Morgan fingerprint density at radius 2 is 2.38 bits per heavy atom. The lowest BCUT2D eigenvalue weighted by Crippen LogP contribution is -1.92. The van der Waals surface area contributed by atoms with Crippen molar-refractivity contribution in [1.29, 1.82) is 0 Å². The summed E-state index contributed by atoms with van der Waals surface area (Å²) < 4.78 is 5.44. The molecule has 65 valence electrons. The summed E-state index contributed by atoms with van der Waals surface area (Å²) in [6.45, 7) is 0.597. The van der Waals surface area contributed by atoms with Crippen LogP contribution in [0.25, 0.3) is 0 Å². The number of thiophene rings is 1. The Morgan fingerprint density at radius 3 is 3.08 bits per heavy atom. The molecule has 2 aromatic rings. The number of hydrogen-bond acceptors (Lipinski definition) is 3. The second-order valence-corrected chi connectivity index (χ2v) is 3.51. The van der Waals surface area contributed by atoms with Crippen molar-refractivity contribution in [3.8, 4) is 5.75 Å². The molecule has 0 aliphatic heterocycles. The molecule has 0 fully saturated rings. The molecule has 0 amide bonds. The van der Waals surface area contributed by atoms with E-state index >= 15 is 0 Å². The zero-order valence-corrected chi connectivity index (χ0v) is 7.75. The van der Waals surface area contributed by atoms with Crippen LogP contribution in [0.4, 0.5) is 0 Å². The van der Waals surface area contributed by atoms with E-state index in [1.54, 1.807) is 17.5 Å². The fourth-order valence-electron chi connectivity index (χ4n) is 0.936. The number of nitrogens with zero attached hydrogens (tertiary/aromatic N) is 1. The Bertz CT molecular complexity index is 344. The normalized spacial score (nSPS) is 9.85. The van der Waals surface area contributed by atoms with Crippen LogP contribution < -0.4 is 4.74 Å². The molecule has 0 spiro atoms. The van der Waals surface area contributed by atoms with Gasteiger partial charge in [0.05, 0.1) is 0 Å². The Hall–Kier alpha value is -1.35. The van der Waals surface area contributed by atoms with Crippen molar-refractivity contribution in [1.82, 2.24) is 4.98 Å². The third-order valence-electron chi connectivity index (χ3n) is 1.53. The average Bonchev–Trinajstić information content (AvgIpc) is 2.69. The van der Waals surface area contributed by atoms with E-state index in [0.717, 1.165) is 0 Å². The Kier molecular flexibility index (Phi) is 2.57. The molecule has 0 unspecified atom stereocenters. The lowest BCUT2D eigenvalue weighted by atomic mass is 10.4. The first-order valence-electron chi connectivity index (χ1n) is 3.93. The van der Waals surface area contributed by atoms with Crippen LogP contribution in [0.2, 0.25) is 0 Å². The molecule has 0 aliphatic carbocycles. The van der Waals surface area contributed by atoms with Gasteiger partial charge < -0.3 is 4.74 Å². The van der Waals surface area contributed by atoms with Crippen molar-refractivity contribution in [2.75, 3.05) is 0 Å². The third kappa shape index (κ3) is 2.29. The summed E-state index contributed by atoms with van der Waals surface area (Å²) in [5, 5.41) is 2.03. The molecule has 3 heteroatoms. The highest BCUT2D eigenvalue weighted by Crippen LogP contribution is 2.13. The first-order chi connectivity index (χ1) is 6.45. The smallest absolute Gasteiger partial charge is 0.147 e. The summed E-state index contributed by atoms with van der Waals surface area (Å²) in [4.78, 5) is 5.04. The number of hydrogen-bond donors (Lipinski definition) is 0. The number of rotatable bonds is 3. The fourth-order valence-corrected chi connectivity index (χ4v) is 1.55. The van der Waals surface area contributed by atoms with Crippen LogP contribution in [0.5, 0.6) is 5.75 Å². The van der Waals surface area contributed by atoms with Crippen molar-refractivity contribution < 1.29 is 4.74 Å². The van der Waals surface area contributed by atoms with Gasteiger partial charge in [-0.15, -0.1) is 11.3 Å². The van der Waals surface area contributed by atoms with Gasteiger partial charge in [0, 0.05) is 11.1 Å². The van der Waals surface area contributed by atoms with E-state index in [0.29, 0.717) is 12.4 Å². The molecule has 0 aromatic carbocycles. The second-order valence-electron chi connectivity index (χ2n) is 2.48. The molecule has 13 heavy (non-hydrogen) atoms. The van der Waals surface area contributed by atoms with Crippen molar-refractivity contribution in [2.45, 2.75) is 6.61 Å². The van der Waals surface area contributed by atoms with E-state index in [1.165, 1.54) is 4.88 Å². The second kappa shape index (κ2) is 4.05. The van der Waals surface area contributed by atoms with E-state index in [1.807, 2.05) is 29.6 Å². The molecule has 0 saturated heterocycles. The van der Waals surface area contributed by atoms with Gasteiger partial charge in [-0.05, 0) is 23.6 Å². The summed E-state index contributed by atoms with van der Waals surface area (Å²) in [5.41, 5.74) is 0. The standard InChI is InChI=1S/C10H8NOS/c1-3-9(7-11-5-1)12-8-10-4-2-6-13-10/h1-6H,8H2. The van der Waals surface area contributed by atoms with Crippen LogP contribution in [0.3, 0.4) is 0 Å². The van der Waals surface area contributed by atoms with Crippen LogP contribution in [0.15, 0.2) is 35.8 Å². The first kappa shape index (κ1) is 8.26. The van der Waals surface area contributed by atoms with E-state index < -0.39 is 0 Å². The van der Waals surface area contributed by atoms with Crippen LogP contribution in [0, 0.1) is 6.20 Å². The largest absolute Gasteiger partial charge is 0.486 e. The van der Waals surface area contributed by atoms with E-state index in [-0.39, 0.29) is 0 Å². The molecular weight excluding hydrogens is 182 g/mol. The molecule has 0 aliphatic rings. The van der Waals surface area contributed by atoms with Crippen molar-refractivity contribution in [3.63, 3.8) is 0 Å². The van der Waals surface area contributed by atoms with Gasteiger partial charge in [-0.25, -0.2) is 0 Å². The van der Waals surface area contributed by atoms with Crippen LogP contribution >= 0.6 is 11.3 Å². The molecule has 2 aromatic heterocycles. The van der Waals surface area contributed by atoms with Crippen molar-refractivity contribution in [2.24, 2.45) is 0 Å². The number of pyridine rings is 1. The minimum Gasteiger partial charge on any atom is -0.486 e. The molecule has 0 bridgehead atoms. The lowest BCUT2D eigenvalue weighted by Gasteiger charge is -2.01. The third-order valence-corrected chi connectivity index (χ3v) is 2.38. The molecule has 2 nitrogen and oxygen atoms in total. The molecule has 1 radical (unpaired) electrons. The summed E-state index contributed by atoms with van der Waals surface area (Å²) in [5.74, 6) is 0.691. The average molecular weight is 190 g/mol. The SMILES string of the molecule is [c]1ncccc1OCc1cccs1. The monoisotopic (exact) mass is 190 g/mol. The van der Waals surface area contributed by atoms with Gasteiger partial charge in [0.2, 0.25) is 0 Å². The quantitative estimate of drug-likeness (QED) is 0.742. The molecule has 2 rings (SSSR count). The minimum atomic E-state index is 0.597. The Balaban J connectivity index is 1.94. The van der Waals surface area contributed by atoms with E-state index in [9.17, 15) is 0 Å². The van der Waals surface area contributed by atoms with Crippen LogP contribution in [-0.2, 0) is 6.61 Å². The summed E-state index contributed by atoms with van der Waals surface area (Å²) in [7, 11) is 0. The zero-order chi connectivity index (χ0) is 8.93. The Morgan fingerprint density at radius 1 is 1.38 bits per heavy atom. The lowest BCUT2D eigenvalue weighted by molar-refractivity contribution is 0.308. The predicted octanol–water partition coefficient (Wildman–Crippen LogP) is 2.52. The molecule has 0 atom stereocenters. The van der Waals surface area contributed by atoms with Gasteiger partial charge in [-0.1, -0.05) is 6.07 Å². The number of ether oxygens (including phenoxy) is 1. The van der Waals surface area contributed by atoms with Gasteiger partial charge in [0.1, 0.15) is 18.6 Å². The highest BCUT2D eigenvalue weighted by atomic mass is 32.1. The van der Waals surface area contributed by atoms with Gasteiger partial charge in [0.25, 0.3) is 0 Å². The van der Waals surface area contributed by atoms with Crippen molar-refractivity contribution >= 4 is 11.3 Å². The topological polar surface area (TPSA) is 22.1 Å². The summed E-state index contributed by atoms with van der Waals surface area (Å²) in [6.07, 6.45) is 4.44. The van der Waals surface area contributed by atoms with E-state index in [2.05, 4.69) is 11.2 Å². The van der Waals surface area contributed by atoms with Gasteiger partial charge in [-0.2, -0.15) is 0 Å². The van der Waals surface area contributed by atoms with Gasteiger partial charge in [-0.3, -0.25) is 4.98 Å².